The van der Waals surface area contributed by atoms with E-state index < -0.39 is 0 Å². The van der Waals surface area contributed by atoms with Gasteiger partial charge in [-0.3, -0.25) is 0 Å². The molecular formula is C16H18ClN3. The van der Waals surface area contributed by atoms with Crippen LogP contribution in [0.5, 0.6) is 0 Å². The number of halogens is 1. The summed E-state index contributed by atoms with van der Waals surface area (Å²) < 4.78 is 0. The zero-order valence-corrected chi connectivity index (χ0v) is 12.1. The van der Waals surface area contributed by atoms with Gasteiger partial charge >= 0.3 is 0 Å². The summed E-state index contributed by atoms with van der Waals surface area (Å²) in [5.41, 5.74) is 9.03. The minimum Gasteiger partial charge on any atom is -0.399 e. The van der Waals surface area contributed by atoms with Crippen molar-refractivity contribution in [3.63, 3.8) is 0 Å². The molecule has 1 aliphatic rings. The van der Waals surface area contributed by atoms with Gasteiger partial charge in [-0.25, -0.2) is 0 Å². The molecule has 0 aromatic heterocycles. The summed E-state index contributed by atoms with van der Waals surface area (Å²) >= 11 is 5.93. The number of anilines is 3. The third-order valence-corrected chi connectivity index (χ3v) is 3.98. The first kappa shape index (κ1) is 13.1. The molecule has 2 aromatic carbocycles. The van der Waals surface area contributed by atoms with Crippen LogP contribution in [-0.2, 0) is 0 Å². The number of benzene rings is 2. The van der Waals surface area contributed by atoms with E-state index in [2.05, 4.69) is 34.1 Å². The van der Waals surface area contributed by atoms with E-state index in [0.29, 0.717) is 0 Å². The topological polar surface area (TPSA) is 32.5 Å². The Hall–Kier alpha value is -1.87. The summed E-state index contributed by atoms with van der Waals surface area (Å²) in [4.78, 5) is 4.79. The zero-order chi connectivity index (χ0) is 13.9. The lowest BCUT2D eigenvalue weighted by Crippen LogP contribution is -2.46. The summed E-state index contributed by atoms with van der Waals surface area (Å²) in [7, 11) is 0. The monoisotopic (exact) mass is 287 g/mol. The van der Waals surface area contributed by atoms with Crippen molar-refractivity contribution in [1.82, 2.24) is 0 Å². The number of nitrogen functional groups attached to an aromatic ring is 1. The van der Waals surface area contributed by atoms with Crippen LogP contribution in [-0.4, -0.2) is 26.2 Å². The highest BCUT2D eigenvalue weighted by Crippen LogP contribution is 2.22. The van der Waals surface area contributed by atoms with Crippen molar-refractivity contribution in [2.24, 2.45) is 0 Å². The van der Waals surface area contributed by atoms with Crippen LogP contribution < -0.4 is 15.5 Å². The number of hydrogen-bond donors (Lipinski definition) is 1. The Morgan fingerprint density at radius 2 is 1.10 bits per heavy atom. The summed E-state index contributed by atoms with van der Waals surface area (Å²) in [6, 6.07) is 16.2. The average molecular weight is 288 g/mol. The second-order valence-corrected chi connectivity index (χ2v) is 5.48. The number of nitrogens with two attached hydrogens (primary N) is 1. The summed E-state index contributed by atoms with van der Waals surface area (Å²) in [5, 5.41) is 0.786. The molecule has 1 saturated heterocycles. The maximum absolute atomic E-state index is 5.93. The Kier molecular flexibility index (Phi) is 3.70. The van der Waals surface area contributed by atoms with Gasteiger partial charge in [0.25, 0.3) is 0 Å². The number of piperazine rings is 1. The van der Waals surface area contributed by atoms with E-state index in [0.717, 1.165) is 36.9 Å². The molecule has 0 saturated carbocycles. The van der Waals surface area contributed by atoms with E-state index in [1.807, 2.05) is 24.3 Å². The average Bonchev–Trinajstić information content (AvgIpc) is 2.49. The molecule has 0 amide bonds. The van der Waals surface area contributed by atoms with Gasteiger partial charge in [-0.15, -0.1) is 0 Å². The first-order valence-electron chi connectivity index (χ1n) is 6.83. The minimum atomic E-state index is 0.786. The number of hydrogen-bond acceptors (Lipinski definition) is 3. The van der Waals surface area contributed by atoms with E-state index >= 15 is 0 Å². The molecule has 0 atom stereocenters. The second-order valence-electron chi connectivity index (χ2n) is 5.04. The van der Waals surface area contributed by atoms with Crippen molar-refractivity contribution < 1.29 is 0 Å². The van der Waals surface area contributed by atoms with Gasteiger partial charge in [-0.2, -0.15) is 0 Å². The molecule has 20 heavy (non-hydrogen) atoms. The number of nitrogens with zero attached hydrogens (tertiary/aromatic N) is 2. The van der Waals surface area contributed by atoms with Crippen LogP contribution in [0.25, 0.3) is 0 Å². The molecule has 3 nitrogen and oxygen atoms in total. The van der Waals surface area contributed by atoms with Crippen LogP contribution >= 0.6 is 11.6 Å². The minimum absolute atomic E-state index is 0.786. The Morgan fingerprint density at radius 1 is 0.700 bits per heavy atom. The van der Waals surface area contributed by atoms with Crippen molar-refractivity contribution in [2.75, 3.05) is 41.7 Å². The first-order chi connectivity index (χ1) is 9.72. The normalized spacial score (nSPS) is 15.4. The van der Waals surface area contributed by atoms with Crippen LogP contribution in [0.4, 0.5) is 17.1 Å². The standard InChI is InChI=1S/C16H18ClN3/c17-13-1-5-15(6-2-13)19-9-11-20(12-10-19)16-7-3-14(18)4-8-16/h1-8H,9-12,18H2. The molecule has 0 unspecified atom stereocenters. The second kappa shape index (κ2) is 5.63. The van der Waals surface area contributed by atoms with E-state index in [-0.39, 0.29) is 0 Å². The molecule has 0 aliphatic carbocycles. The first-order valence-corrected chi connectivity index (χ1v) is 7.21. The molecule has 104 valence electrons. The highest BCUT2D eigenvalue weighted by atomic mass is 35.5. The van der Waals surface area contributed by atoms with Gasteiger partial charge in [0.15, 0.2) is 0 Å². The fraction of sp³-hybridized carbons (Fsp3) is 0.250. The van der Waals surface area contributed by atoms with Crippen LogP contribution in [0.15, 0.2) is 48.5 Å². The Balaban J connectivity index is 1.64. The summed E-state index contributed by atoms with van der Waals surface area (Å²) in [6.07, 6.45) is 0. The predicted molar refractivity (Wildman–Crippen MR) is 86.7 cm³/mol. The fourth-order valence-electron chi connectivity index (χ4n) is 2.56. The third-order valence-electron chi connectivity index (χ3n) is 3.73. The quantitative estimate of drug-likeness (QED) is 0.861. The number of rotatable bonds is 2. The molecule has 1 fully saturated rings. The molecule has 3 rings (SSSR count). The van der Waals surface area contributed by atoms with Gasteiger partial charge in [-0.05, 0) is 48.5 Å². The van der Waals surface area contributed by atoms with Gasteiger partial charge in [-0.1, -0.05) is 11.6 Å². The van der Waals surface area contributed by atoms with Gasteiger partial charge in [0.2, 0.25) is 0 Å². The van der Waals surface area contributed by atoms with Crippen molar-refractivity contribution in [3.05, 3.63) is 53.6 Å². The lowest BCUT2D eigenvalue weighted by molar-refractivity contribution is 0.653. The largest absolute Gasteiger partial charge is 0.399 e. The lowest BCUT2D eigenvalue weighted by atomic mass is 10.2. The molecule has 1 aliphatic heterocycles. The molecule has 4 heteroatoms. The molecule has 1 heterocycles. The van der Waals surface area contributed by atoms with Crippen LogP contribution in [0.3, 0.4) is 0 Å². The molecule has 0 spiro atoms. The molecule has 2 aromatic rings. The van der Waals surface area contributed by atoms with Gasteiger partial charge in [0.05, 0.1) is 0 Å². The highest BCUT2D eigenvalue weighted by Gasteiger charge is 2.17. The smallest absolute Gasteiger partial charge is 0.0407 e. The van der Waals surface area contributed by atoms with Gasteiger partial charge in [0.1, 0.15) is 0 Å². The summed E-state index contributed by atoms with van der Waals surface area (Å²) in [6.45, 7) is 4.08. The van der Waals surface area contributed by atoms with E-state index in [1.165, 1.54) is 11.4 Å². The zero-order valence-electron chi connectivity index (χ0n) is 11.3. The SMILES string of the molecule is Nc1ccc(N2CCN(c3ccc(Cl)cc3)CC2)cc1. The van der Waals surface area contributed by atoms with E-state index in [4.69, 9.17) is 17.3 Å². The fourth-order valence-corrected chi connectivity index (χ4v) is 2.69. The van der Waals surface area contributed by atoms with Gasteiger partial charge < -0.3 is 15.5 Å². The third kappa shape index (κ3) is 2.83. The van der Waals surface area contributed by atoms with Crippen LogP contribution in [0.2, 0.25) is 5.02 Å². The Morgan fingerprint density at radius 3 is 1.55 bits per heavy atom. The van der Waals surface area contributed by atoms with Crippen LogP contribution in [0, 0.1) is 0 Å². The van der Waals surface area contributed by atoms with E-state index in [9.17, 15) is 0 Å². The predicted octanol–water partition coefficient (Wildman–Crippen LogP) is 3.25. The maximum Gasteiger partial charge on any atom is 0.0407 e. The molecule has 0 bridgehead atoms. The van der Waals surface area contributed by atoms with Crippen molar-refractivity contribution in [3.8, 4) is 0 Å². The lowest BCUT2D eigenvalue weighted by Gasteiger charge is -2.37. The Bertz CT molecular complexity index is 504. The van der Waals surface area contributed by atoms with Crippen LogP contribution in [0.1, 0.15) is 0 Å². The van der Waals surface area contributed by atoms with Gasteiger partial charge in [0, 0.05) is 48.3 Å². The summed E-state index contributed by atoms with van der Waals surface area (Å²) in [5.74, 6) is 0. The highest BCUT2D eigenvalue weighted by molar-refractivity contribution is 6.30. The molecule has 0 radical (unpaired) electrons. The van der Waals surface area contributed by atoms with E-state index in [1.54, 1.807) is 0 Å². The van der Waals surface area contributed by atoms with Crippen molar-refractivity contribution in [2.45, 2.75) is 0 Å². The van der Waals surface area contributed by atoms with Crippen molar-refractivity contribution in [1.29, 1.82) is 0 Å². The molecular weight excluding hydrogens is 270 g/mol. The van der Waals surface area contributed by atoms with Crippen molar-refractivity contribution >= 4 is 28.7 Å². The Labute approximate surface area is 124 Å². The molecule has 2 N–H and O–H groups in total. The maximum atomic E-state index is 5.93.